The zero-order valence-electron chi connectivity index (χ0n) is 7.04. The van der Waals surface area contributed by atoms with Crippen LogP contribution in [0.3, 0.4) is 0 Å². The first-order valence-electron chi connectivity index (χ1n) is 3.50. The molecule has 0 saturated heterocycles. The van der Waals surface area contributed by atoms with Crippen LogP contribution in [0.4, 0.5) is 4.79 Å². The molecule has 0 aliphatic heterocycles. The third-order valence-electron chi connectivity index (χ3n) is 1.07. The van der Waals surface area contributed by atoms with Gasteiger partial charge in [0.25, 0.3) is 0 Å². The van der Waals surface area contributed by atoms with E-state index in [9.17, 15) is 4.79 Å². The van der Waals surface area contributed by atoms with Gasteiger partial charge in [0.05, 0.1) is 6.61 Å². The van der Waals surface area contributed by atoms with Crippen molar-refractivity contribution in [2.24, 2.45) is 0 Å². The van der Waals surface area contributed by atoms with Gasteiger partial charge in [-0.05, 0) is 11.6 Å². The number of rotatable bonds is 4. The summed E-state index contributed by atoms with van der Waals surface area (Å²) in [5, 5.41) is 10.8. The molecule has 0 atom stereocenters. The van der Waals surface area contributed by atoms with Gasteiger partial charge < -0.3 is 15.2 Å². The molecule has 0 aliphatic rings. The van der Waals surface area contributed by atoms with E-state index in [0.29, 0.717) is 5.57 Å². The van der Waals surface area contributed by atoms with Crippen molar-refractivity contribution in [3.05, 3.63) is 24.3 Å². The molecular formula is C8H13NO3. The van der Waals surface area contributed by atoms with E-state index in [1.807, 2.05) is 0 Å². The number of amides is 1. The van der Waals surface area contributed by atoms with E-state index >= 15 is 0 Å². The second-order valence-corrected chi connectivity index (χ2v) is 2.07. The molecule has 12 heavy (non-hydrogen) atoms. The Hall–Kier alpha value is -1.29. The molecule has 2 N–H and O–H groups in total. The fourth-order valence-corrected chi connectivity index (χ4v) is 0.463. The number of ether oxygens (including phenoxy) is 1. The van der Waals surface area contributed by atoms with Gasteiger partial charge in [-0.25, -0.2) is 4.79 Å². The zero-order chi connectivity index (χ0) is 9.40. The molecule has 0 spiro atoms. The van der Waals surface area contributed by atoms with E-state index in [1.165, 1.54) is 7.05 Å². The van der Waals surface area contributed by atoms with E-state index in [0.717, 1.165) is 0 Å². The Bertz CT molecular complexity index is 187. The number of hydrogen-bond acceptors (Lipinski definition) is 3. The van der Waals surface area contributed by atoms with Crippen molar-refractivity contribution in [1.82, 2.24) is 5.32 Å². The number of carbonyl (C=O) groups excluding carboxylic acids is 1. The molecule has 0 heterocycles. The molecule has 0 aromatic heterocycles. The van der Waals surface area contributed by atoms with Crippen LogP contribution < -0.4 is 5.32 Å². The standard InChI is InChI=1S/C8H13NO3/c1-7(6-10)4-3-5-12-8(11)9-2/h3-4,10H,1,5-6H2,2H3,(H,9,11)/b4-3+. The third kappa shape index (κ3) is 5.49. The lowest BCUT2D eigenvalue weighted by atomic mass is 10.3. The minimum absolute atomic E-state index is 0.0868. The Morgan fingerprint density at radius 1 is 1.75 bits per heavy atom. The number of hydrogen-bond donors (Lipinski definition) is 2. The fourth-order valence-electron chi connectivity index (χ4n) is 0.463. The van der Waals surface area contributed by atoms with Crippen molar-refractivity contribution in [2.75, 3.05) is 20.3 Å². The van der Waals surface area contributed by atoms with E-state index in [4.69, 9.17) is 5.11 Å². The summed E-state index contributed by atoms with van der Waals surface area (Å²) in [5.74, 6) is 0. The summed E-state index contributed by atoms with van der Waals surface area (Å²) < 4.78 is 4.63. The van der Waals surface area contributed by atoms with Crippen LogP contribution in [0, 0.1) is 0 Å². The first-order chi connectivity index (χ1) is 5.70. The fraction of sp³-hybridized carbons (Fsp3) is 0.375. The molecule has 0 fully saturated rings. The minimum atomic E-state index is -0.478. The number of nitrogens with one attached hydrogen (secondary N) is 1. The van der Waals surface area contributed by atoms with E-state index in [1.54, 1.807) is 12.2 Å². The van der Waals surface area contributed by atoms with Crippen LogP contribution >= 0.6 is 0 Å². The Morgan fingerprint density at radius 3 is 2.92 bits per heavy atom. The van der Waals surface area contributed by atoms with Gasteiger partial charge in [-0.3, -0.25) is 0 Å². The van der Waals surface area contributed by atoms with Gasteiger partial charge >= 0.3 is 6.09 Å². The van der Waals surface area contributed by atoms with Crippen molar-refractivity contribution in [2.45, 2.75) is 0 Å². The van der Waals surface area contributed by atoms with Crippen molar-refractivity contribution in [3.8, 4) is 0 Å². The lowest BCUT2D eigenvalue weighted by Crippen LogP contribution is -2.18. The molecule has 0 unspecified atom stereocenters. The quantitative estimate of drug-likeness (QED) is 0.604. The summed E-state index contributed by atoms with van der Waals surface area (Å²) in [5.41, 5.74) is 0.579. The largest absolute Gasteiger partial charge is 0.445 e. The van der Waals surface area contributed by atoms with E-state index in [2.05, 4.69) is 16.6 Å². The lowest BCUT2D eigenvalue weighted by Gasteiger charge is -1.98. The second-order valence-electron chi connectivity index (χ2n) is 2.07. The van der Waals surface area contributed by atoms with Gasteiger partial charge in [-0.15, -0.1) is 0 Å². The Labute approximate surface area is 71.5 Å². The van der Waals surface area contributed by atoms with Crippen LogP contribution in [0.2, 0.25) is 0 Å². The van der Waals surface area contributed by atoms with Crippen molar-refractivity contribution < 1.29 is 14.6 Å². The highest BCUT2D eigenvalue weighted by Crippen LogP contribution is 1.89. The van der Waals surface area contributed by atoms with E-state index in [-0.39, 0.29) is 13.2 Å². The highest BCUT2D eigenvalue weighted by Gasteiger charge is 1.92. The van der Waals surface area contributed by atoms with E-state index < -0.39 is 6.09 Å². The molecule has 1 amide bonds. The summed E-state index contributed by atoms with van der Waals surface area (Å²) in [7, 11) is 1.48. The van der Waals surface area contributed by atoms with Gasteiger partial charge in [0.15, 0.2) is 0 Å². The molecule has 0 rings (SSSR count). The highest BCUT2D eigenvalue weighted by molar-refractivity contribution is 5.66. The number of aliphatic hydroxyl groups is 1. The maximum Gasteiger partial charge on any atom is 0.407 e. The highest BCUT2D eigenvalue weighted by atomic mass is 16.5. The Balaban J connectivity index is 3.48. The summed E-state index contributed by atoms with van der Waals surface area (Å²) >= 11 is 0. The SMILES string of the molecule is C=C(/C=C/COC(=O)NC)CO. The molecule has 0 radical (unpaired) electrons. The van der Waals surface area contributed by atoms with Crippen molar-refractivity contribution >= 4 is 6.09 Å². The van der Waals surface area contributed by atoms with Gasteiger partial charge in [-0.1, -0.05) is 12.7 Å². The maximum atomic E-state index is 10.5. The molecule has 0 aromatic rings. The molecule has 0 saturated carbocycles. The molecule has 68 valence electrons. The van der Waals surface area contributed by atoms with Gasteiger partial charge in [0.2, 0.25) is 0 Å². The molecule has 4 heteroatoms. The number of alkyl carbamates (subject to hydrolysis) is 1. The summed E-state index contributed by atoms with van der Waals surface area (Å²) in [6.07, 6.45) is 2.73. The van der Waals surface area contributed by atoms with Crippen LogP contribution in [0.25, 0.3) is 0 Å². The Morgan fingerprint density at radius 2 is 2.42 bits per heavy atom. The first-order valence-corrected chi connectivity index (χ1v) is 3.50. The number of aliphatic hydroxyl groups excluding tert-OH is 1. The van der Waals surface area contributed by atoms with Gasteiger partial charge in [0.1, 0.15) is 6.61 Å². The normalized spacial score (nSPS) is 9.83. The predicted molar refractivity (Wildman–Crippen MR) is 45.8 cm³/mol. The molecule has 0 aliphatic carbocycles. The average Bonchev–Trinajstić information content (AvgIpc) is 2.11. The van der Waals surface area contributed by atoms with Crippen molar-refractivity contribution in [3.63, 3.8) is 0 Å². The minimum Gasteiger partial charge on any atom is -0.445 e. The van der Waals surface area contributed by atoms with Crippen LogP contribution in [-0.4, -0.2) is 31.5 Å². The molecular weight excluding hydrogens is 158 g/mol. The van der Waals surface area contributed by atoms with Crippen molar-refractivity contribution in [1.29, 1.82) is 0 Å². The van der Waals surface area contributed by atoms with Gasteiger partial charge in [0, 0.05) is 7.05 Å². The topological polar surface area (TPSA) is 58.6 Å². The summed E-state index contributed by atoms with van der Waals surface area (Å²) in [6, 6.07) is 0. The maximum absolute atomic E-state index is 10.5. The molecule has 0 bridgehead atoms. The average molecular weight is 171 g/mol. The smallest absolute Gasteiger partial charge is 0.407 e. The van der Waals surface area contributed by atoms with Crippen LogP contribution in [-0.2, 0) is 4.74 Å². The summed E-state index contributed by atoms with van der Waals surface area (Å²) in [4.78, 5) is 10.5. The number of carbonyl (C=O) groups is 1. The zero-order valence-corrected chi connectivity index (χ0v) is 7.04. The Kier molecular flexibility index (Phi) is 5.73. The predicted octanol–water partition coefficient (Wildman–Crippen LogP) is 0.447. The lowest BCUT2D eigenvalue weighted by molar-refractivity contribution is 0.160. The molecule has 0 aromatic carbocycles. The summed E-state index contributed by atoms with van der Waals surface area (Å²) in [6.45, 7) is 3.61. The van der Waals surface area contributed by atoms with Crippen LogP contribution in [0.5, 0.6) is 0 Å². The second kappa shape index (κ2) is 6.42. The van der Waals surface area contributed by atoms with Gasteiger partial charge in [-0.2, -0.15) is 0 Å². The molecule has 4 nitrogen and oxygen atoms in total. The first kappa shape index (κ1) is 10.7. The third-order valence-corrected chi connectivity index (χ3v) is 1.07. The van der Waals surface area contributed by atoms with Crippen LogP contribution in [0.15, 0.2) is 24.3 Å². The monoisotopic (exact) mass is 171 g/mol. The van der Waals surface area contributed by atoms with Crippen LogP contribution in [0.1, 0.15) is 0 Å².